The van der Waals surface area contributed by atoms with E-state index in [-0.39, 0.29) is 18.0 Å². The van der Waals surface area contributed by atoms with E-state index >= 15 is 0 Å². The first-order chi connectivity index (χ1) is 9.49. The van der Waals surface area contributed by atoms with Crippen molar-refractivity contribution in [1.29, 1.82) is 0 Å². The fourth-order valence-electron chi connectivity index (χ4n) is 2.20. The number of carbonyl (C=O) groups excluding carboxylic acids is 1. The smallest absolute Gasteiger partial charge is 0.315 e. The first-order valence-electron chi connectivity index (χ1n) is 6.98. The van der Waals surface area contributed by atoms with Crippen molar-refractivity contribution < 1.29 is 19.4 Å². The zero-order chi connectivity index (χ0) is 15.0. The van der Waals surface area contributed by atoms with Gasteiger partial charge < -0.3 is 20.5 Å². The SMILES string of the molecule is C=C(C)COCCNC(=O)NC1CCC(C(=O)O)CC1. The summed E-state index contributed by atoms with van der Waals surface area (Å²) < 4.78 is 5.27. The van der Waals surface area contributed by atoms with E-state index in [9.17, 15) is 9.59 Å². The third-order valence-corrected chi connectivity index (χ3v) is 3.29. The Bertz CT molecular complexity index is 349. The largest absolute Gasteiger partial charge is 0.481 e. The lowest BCUT2D eigenvalue weighted by molar-refractivity contribution is -0.142. The molecule has 1 fully saturated rings. The van der Waals surface area contributed by atoms with Crippen molar-refractivity contribution in [3.8, 4) is 0 Å². The van der Waals surface area contributed by atoms with Gasteiger partial charge in [-0.3, -0.25) is 4.79 Å². The molecule has 3 N–H and O–H groups in total. The Morgan fingerprint density at radius 2 is 1.95 bits per heavy atom. The van der Waals surface area contributed by atoms with Gasteiger partial charge in [0.05, 0.1) is 19.1 Å². The van der Waals surface area contributed by atoms with Crippen LogP contribution in [0.15, 0.2) is 12.2 Å². The molecule has 0 radical (unpaired) electrons. The van der Waals surface area contributed by atoms with Crippen LogP contribution in [-0.4, -0.2) is 42.9 Å². The number of carbonyl (C=O) groups is 2. The number of nitrogens with one attached hydrogen (secondary N) is 2. The number of carboxylic acids is 1. The Kier molecular flexibility index (Phi) is 7.08. The van der Waals surface area contributed by atoms with Crippen LogP contribution in [0.3, 0.4) is 0 Å². The van der Waals surface area contributed by atoms with E-state index in [2.05, 4.69) is 17.2 Å². The minimum Gasteiger partial charge on any atom is -0.481 e. The highest BCUT2D eigenvalue weighted by Gasteiger charge is 2.26. The molecule has 0 saturated heterocycles. The van der Waals surface area contributed by atoms with E-state index in [1.807, 2.05) is 6.92 Å². The molecule has 0 unspecified atom stereocenters. The highest BCUT2D eigenvalue weighted by Crippen LogP contribution is 2.24. The predicted molar refractivity (Wildman–Crippen MR) is 75.5 cm³/mol. The number of ether oxygens (including phenoxy) is 1. The lowest BCUT2D eigenvalue weighted by Crippen LogP contribution is -2.45. The Morgan fingerprint density at radius 3 is 2.50 bits per heavy atom. The molecule has 20 heavy (non-hydrogen) atoms. The molecule has 0 aromatic carbocycles. The molecule has 0 spiro atoms. The number of hydrogen-bond acceptors (Lipinski definition) is 3. The van der Waals surface area contributed by atoms with Gasteiger partial charge in [-0.05, 0) is 32.6 Å². The number of aliphatic carboxylic acids is 1. The summed E-state index contributed by atoms with van der Waals surface area (Å²) >= 11 is 0. The summed E-state index contributed by atoms with van der Waals surface area (Å²) in [5.41, 5.74) is 0.949. The fraction of sp³-hybridized carbons (Fsp3) is 0.714. The second-order valence-electron chi connectivity index (χ2n) is 5.30. The summed E-state index contributed by atoms with van der Waals surface area (Å²) in [7, 11) is 0. The molecule has 0 aliphatic heterocycles. The van der Waals surface area contributed by atoms with Crippen molar-refractivity contribution in [1.82, 2.24) is 10.6 Å². The maximum atomic E-state index is 11.6. The van der Waals surface area contributed by atoms with Gasteiger partial charge in [0.1, 0.15) is 0 Å². The van der Waals surface area contributed by atoms with Gasteiger partial charge in [-0.1, -0.05) is 12.2 Å². The molecule has 1 saturated carbocycles. The average molecular weight is 284 g/mol. The number of amides is 2. The van der Waals surface area contributed by atoms with Gasteiger partial charge >= 0.3 is 12.0 Å². The van der Waals surface area contributed by atoms with Crippen LogP contribution >= 0.6 is 0 Å². The normalized spacial score (nSPS) is 22.1. The van der Waals surface area contributed by atoms with Crippen molar-refractivity contribution in [3.63, 3.8) is 0 Å². The number of urea groups is 1. The fourth-order valence-corrected chi connectivity index (χ4v) is 2.20. The summed E-state index contributed by atoms with van der Waals surface area (Å²) in [6.07, 6.45) is 2.69. The van der Waals surface area contributed by atoms with E-state index < -0.39 is 5.97 Å². The number of hydrogen-bond donors (Lipinski definition) is 3. The molecule has 0 bridgehead atoms. The van der Waals surface area contributed by atoms with Gasteiger partial charge in [0.2, 0.25) is 0 Å². The summed E-state index contributed by atoms with van der Waals surface area (Å²) in [6.45, 7) is 7.00. The third kappa shape index (κ3) is 6.56. The second-order valence-corrected chi connectivity index (χ2v) is 5.30. The van der Waals surface area contributed by atoms with Crippen LogP contribution in [0.1, 0.15) is 32.6 Å². The Morgan fingerprint density at radius 1 is 1.30 bits per heavy atom. The van der Waals surface area contributed by atoms with Crippen LogP contribution in [0.4, 0.5) is 4.79 Å². The lowest BCUT2D eigenvalue weighted by atomic mass is 9.86. The van der Waals surface area contributed by atoms with Crippen molar-refractivity contribution in [2.75, 3.05) is 19.8 Å². The minimum atomic E-state index is -0.734. The maximum Gasteiger partial charge on any atom is 0.315 e. The zero-order valence-corrected chi connectivity index (χ0v) is 12.0. The molecule has 1 aliphatic carbocycles. The van der Waals surface area contributed by atoms with Crippen LogP contribution in [0.5, 0.6) is 0 Å². The second kappa shape index (κ2) is 8.58. The van der Waals surface area contributed by atoms with Gasteiger partial charge in [0.25, 0.3) is 0 Å². The van der Waals surface area contributed by atoms with Gasteiger partial charge in [0.15, 0.2) is 0 Å². The summed E-state index contributed by atoms with van der Waals surface area (Å²) in [6, 6.07) is -0.148. The van der Waals surface area contributed by atoms with Gasteiger partial charge in [-0.15, -0.1) is 0 Å². The van der Waals surface area contributed by atoms with Crippen molar-refractivity contribution in [2.45, 2.75) is 38.6 Å². The van der Waals surface area contributed by atoms with Crippen molar-refractivity contribution in [3.05, 3.63) is 12.2 Å². The molecule has 0 atom stereocenters. The molecule has 6 heteroatoms. The Balaban J connectivity index is 2.08. The third-order valence-electron chi connectivity index (χ3n) is 3.29. The molecule has 0 aromatic heterocycles. The van der Waals surface area contributed by atoms with Crippen LogP contribution in [0.25, 0.3) is 0 Å². The van der Waals surface area contributed by atoms with E-state index in [1.165, 1.54) is 0 Å². The molecule has 2 amide bonds. The standard InChI is InChI=1S/C14H24N2O4/c1-10(2)9-20-8-7-15-14(19)16-12-5-3-11(4-6-12)13(17)18/h11-12H,1,3-9H2,2H3,(H,17,18)(H2,15,16,19). The zero-order valence-electron chi connectivity index (χ0n) is 12.0. The van der Waals surface area contributed by atoms with Gasteiger partial charge in [-0.2, -0.15) is 0 Å². The molecule has 1 rings (SSSR count). The van der Waals surface area contributed by atoms with E-state index in [1.54, 1.807) is 0 Å². The average Bonchev–Trinajstić information content (AvgIpc) is 2.38. The quantitative estimate of drug-likeness (QED) is 0.488. The first kappa shape index (κ1) is 16.5. The lowest BCUT2D eigenvalue weighted by Gasteiger charge is -2.26. The van der Waals surface area contributed by atoms with E-state index in [0.717, 1.165) is 18.4 Å². The molecule has 0 heterocycles. The Labute approximate surface area is 119 Å². The van der Waals surface area contributed by atoms with Crippen LogP contribution in [0, 0.1) is 5.92 Å². The molecule has 114 valence electrons. The summed E-state index contributed by atoms with van der Waals surface area (Å²) in [5.74, 6) is -0.991. The molecule has 0 aromatic rings. The predicted octanol–water partition coefficient (Wildman–Crippen LogP) is 1.52. The first-order valence-corrected chi connectivity index (χ1v) is 6.98. The van der Waals surface area contributed by atoms with Crippen molar-refractivity contribution >= 4 is 12.0 Å². The topological polar surface area (TPSA) is 87.7 Å². The molecule has 6 nitrogen and oxygen atoms in total. The molecule has 1 aliphatic rings. The van der Waals surface area contributed by atoms with Gasteiger partial charge in [0, 0.05) is 12.6 Å². The monoisotopic (exact) mass is 284 g/mol. The van der Waals surface area contributed by atoms with Crippen molar-refractivity contribution in [2.24, 2.45) is 5.92 Å². The van der Waals surface area contributed by atoms with E-state index in [0.29, 0.717) is 32.6 Å². The highest BCUT2D eigenvalue weighted by molar-refractivity contribution is 5.74. The molecular formula is C14H24N2O4. The van der Waals surface area contributed by atoms with Gasteiger partial charge in [-0.25, -0.2) is 4.79 Å². The van der Waals surface area contributed by atoms with Crippen LogP contribution < -0.4 is 10.6 Å². The van der Waals surface area contributed by atoms with Crippen LogP contribution in [0.2, 0.25) is 0 Å². The minimum absolute atomic E-state index is 0.0712. The number of carboxylic acid groups (broad SMARTS) is 1. The van der Waals surface area contributed by atoms with E-state index in [4.69, 9.17) is 9.84 Å². The van der Waals surface area contributed by atoms with Crippen LogP contribution in [-0.2, 0) is 9.53 Å². The Hall–Kier alpha value is -1.56. The summed E-state index contributed by atoms with van der Waals surface area (Å²) in [4.78, 5) is 22.4. The number of rotatable bonds is 7. The molecular weight excluding hydrogens is 260 g/mol. The summed E-state index contributed by atoms with van der Waals surface area (Å²) in [5, 5.41) is 14.5. The maximum absolute atomic E-state index is 11.6. The highest BCUT2D eigenvalue weighted by atomic mass is 16.5.